The van der Waals surface area contributed by atoms with E-state index < -0.39 is 29.1 Å². The van der Waals surface area contributed by atoms with Crippen LogP contribution in [0.3, 0.4) is 0 Å². The van der Waals surface area contributed by atoms with E-state index in [9.17, 15) is 14.7 Å². The van der Waals surface area contributed by atoms with Crippen LogP contribution < -0.4 is 20.7 Å². The van der Waals surface area contributed by atoms with E-state index in [4.69, 9.17) is 14.2 Å². The Hall–Kier alpha value is -4.18. The molecule has 40 heavy (non-hydrogen) atoms. The van der Waals surface area contributed by atoms with Crippen molar-refractivity contribution in [3.8, 4) is 11.5 Å². The van der Waals surface area contributed by atoms with E-state index in [1.165, 1.54) is 10.8 Å². The SMILES string of the molecule is COc1ccc(C(c2ccccc2)(c2ccc(OC)cc2)N2C[C@@H](CO)O[C@@H](n3cc(C)c(=O)[nH]c3=O)C2)cc1. The van der Waals surface area contributed by atoms with Crippen molar-refractivity contribution in [1.29, 1.82) is 0 Å². The highest BCUT2D eigenvalue weighted by molar-refractivity contribution is 5.51. The number of aliphatic hydroxyl groups excluding tert-OH is 1. The average Bonchev–Trinajstić information content (AvgIpc) is 3.00. The first-order valence-electron chi connectivity index (χ1n) is 13.1. The summed E-state index contributed by atoms with van der Waals surface area (Å²) in [6.07, 6.45) is 0.139. The lowest BCUT2D eigenvalue weighted by Crippen LogP contribution is -2.58. The molecule has 0 saturated carbocycles. The van der Waals surface area contributed by atoms with Crippen LogP contribution in [0, 0.1) is 6.92 Å². The maximum absolute atomic E-state index is 12.9. The van der Waals surface area contributed by atoms with Gasteiger partial charge < -0.3 is 19.3 Å². The third-order valence-corrected chi connectivity index (χ3v) is 7.49. The molecule has 0 bridgehead atoms. The van der Waals surface area contributed by atoms with Crippen LogP contribution in [0.4, 0.5) is 0 Å². The van der Waals surface area contributed by atoms with E-state index in [-0.39, 0.29) is 13.2 Å². The number of nitrogens with one attached hydrogen (secondary N) is 1. The van der Waals surface area contributed by atoms with Crippen molar-refractivity contribution in [3.05, 3.63) is 128 Å². The Balaban J connectivity index is 1.76. The van der Waals surface area contributed by atoms with E-state index >= 15 is 0 Å². The maximum Gasteiger partial charge on any atom is 0.330 e. The minimum Gasteiger partial charge on any atom is -0.497 e. The summed E-state index contributed by atoms with van der Waals surface area (Å²) in [5.74, 6) is 1.45. The fourth-order valence-corrected chi connectivity index (χ4v) is 5.54. The summed E-state index contributed by atoms with van der Waals surface area (Å²) in [6, 6.07) is 25.9. The lowest BCUT2D eigenvalue weighted by molar-refractivity contribution is -0.151. The Kier molecular flexibility index (Phi) is 7.88. The standard InChI is InChI=1S/C31H33N3O6/c1-21-17-34(30(37)32-29(21)36)28-19-33(18-27(20-35)40-28)31(22-7-5-4-6-8-22,23-9-13-25(38-2)14-10-23)24-11-15-26(39-3)16-12-24/h4-17,27-28,35H,18-20H2,1-3H3,(H,32,36,37)/t27-,28+/m0/s1. The van der Waals surface area contributed by atoms with Gasteiger partial charge in [0.25, 0.3) is 5.56 Å². The second-order valence-electron chi connectivity index (χ2n) is 9.81. The first-order chi connectivity index (χ1) is 19.4. The van der Waals surface area contributed by atoms with Gasteiger partial charge in [0.15, 0.2) is 6.23 Å². The Bertz CT molecular complexity index is 1500. The molecule has 2 N–H and O–H groups in total. The Labute approximate surface area is 232 Å². The van der Waals surface area contributed by atoms with Crippen molar-refractivity contribution < 1.29 is 19.3 Å². The first kappa shape index (κ1) is 27.4. The molecular weight excluding hydrogens is 510 g/mol. The number of hydrogen-bond acceptors (Lipinski definition) is 7. The van der Waals surface area contributed by atoms with Crippen LogP contribution in [-0.2, 0) is 10.3 Å². The number of rotatable bonds is 8. The molecule has 0 radical (unpaired) electrons. The second kappa shape index (κ2) is 11.5. The predicted molar refractivity (Wildman–Crippen MR) is 151 cm³/mol. The molecule has 9 heteroatoms. The third-order valence-electron chi connectivity index (χ3n) is 7.49. The molecule has 0 aliphatic carbocycles. The van der Waals surface area contributed by atoms with Gasteiger partial charge in [0, 0.05) is 24.8 Å². The highest BCUT2D eigenvalue weighted by Crippen LogP contribution is 2.45. The van der Waals surface area contributed by atoms with Gasteiger partial charge in [0.2, 0.25) is 0 Å². The number of aromatic nitrogens is 2. The predicted octanol–water partition coefficient (Wildman–Crippen LogP) is 3.05. The van der Waals surface area contributed by atoms with Crippen LogP contribution in [0.25, 0.3) is 0 Å². The summed E-state index contributed by atoms with van der Waals surface area (Å²) in [6.45, 7) is 2.05. The molecule has 208 valence electrons. The van der Waals surface area contributed by atoms with Gasteiger partial charge in [-0.1, -0.05) is 54.6 Å². The van der Waals surface area contributed by atoms with Gasteiger partial charge in [-0.05, 0) is 47.9 Å². The fraction of sp³-hybridized carbons (Fsp3) is 0.290. The molecular formula is C31H33N3O6. The monoisotopic (exact) mass is 543 g/mol. The molecule has 1 aromatic heterocycles. The van der Waals surface area contributed by atoms with Gasteiger partial charge in [-0.3, -0.25) is 19.2 Å². The normalized spacial score (nSPS) is 17.9. The molecule has 9 nitrogen and oxygen atoms in total. The maximum atomic E-state index is 12.9. The van der Waals surface area contributed by atoms with Crippen LogP contribution in [0.1, 0.15) is 28.5 Å². The number of methoxy groups -OCH3 is 2. The molecule has 0 amide bonds. The summed E-state index contributed by atoms with van der Waals surface area (Å²) in [7, 11) is 3.26. The van der Waals surface area contributed by atoms with Gasteiger partial charge in [0.05, 0.1) is 32.5 Å². The van der Waals surface area contributed by atoms with Crippen molar-refractivity contribution >= 4 is 0 Å². The largest absolute Gasteiger partial charge is 0.497 e. The second-order valence-corrected chi connectivity index (χ2v) is 9.81. The number of ether oxygens (including phenoxy) is 3. The molecule has 1 aliphatic heterocycles. The van der Waals surface area contributed by atoms with E-state index in [0.717, 1.165) is 28.2 Å². The minimum atomic E-state index is -0.851. The van der Waals surface area contributed by atoms with Crippen molar-refractivity contribution in [2.75, 3.05) is 33.9 Å². The van der Waals surface area contributed by atoms with Crippen LogP contribution in [0.5, 0.6) is 11.5 Å². The zero-order valence-electron chi connectivity index (χ0n) is 22.7. The number of morpholine rings is 1. The summed E-state index contributed by atoms with van der Waals surface area (Å²) in [5, 5.41) is 10.3. The zero-order chi connectivity index (χ0) is 28.3. The molecule has 1 saturated heterocycles. The van der Waals surface area contributed by atoms with Crippen molar-refractivity contribution in [3.63, 3.8) is 0 Å². The molecule has 2 atom stereocenters. The molecule has 5 rings (SSSR count). The van der Waals surface area contributed by atoms with E-state index in [1.54, 1.807) is 21.1 Å². The summed E-state index contributed by atoms with van der Waals surface area (Å²) >= 11 is 0. The minimum absolute atomic E-state index is 0.250. The number of benzene rings is 3. The van der Waals surface area contributed by atoms with Crippen molar-refractivity contribution in [2.24, 2.45) is 0 Å². The van der Waals surface area contributed by atoms with Crippen LogP contribution in [0.15, 0.2) is 94.6 Å². The van der Waals surface area contributed by atoms with Gasteiger partial charge in [-0.15, -0.1) is 0 Å². The van der Waals surface area contributed by atoms with Gasteiger partial charge >= 0.3 is 5.69 Å². The molecule has 2 heterocycles. The molecule has 0 unspecified atom stereocenters. The van der Waals surface area contributed by atoms with Crippen LogP contribution >= 0.6 is 0 Å². The summed E-state index contributed by atoms with van der Waals surface area (Å²) in [4.78, 5) is 29.6. The zero-order valence-corrected chi connectivity index (χ0v) is 22.7. The Morgan fingerprint density at radius 1 is 0.875 bits per heavy atom. The molecule has 1 aliphatic rings. The summed E-state index contributed by atoms with van der Waals surface area (Å²) < 4.78 is 18.5. The van der Waals surface area contributed by atoms with Crippen molar-refractivity contribution in [2.45, 2.75) is 24.8 Å². The fourth-order valence-electron chi connectivity index (χ4n) is 5.54. The van der Waals surface area contributed by atoms with E-state index in [0.29, 0.717) is 12.1 Å². The molecule has 3 aromatic carbocycles. The molecule has 0 spiro atoms. The lowest BCUT2D eigenvalue weighted by Gasteiger charge is -2.50. The van der Waals surface area contributed by atoms with Gasteiger partial charge in [-0.25, -0.2) is 4.79 Å². The van der Waals surface area contributed by atoms with Crippen LogP contribution in [-0.4, -0.2) is 59.6 Å². The number of hydrogen-bond donors (Lipinski definition) is 2. The van der Waals surface area contributed by atoms with E-state index in [2.05, 4.69) is 22.0 Å². The third kappa shape index (κ3) is 4.95. The Morgan fingerprint density at radius 3 is 1.95 bits per heavy atom. The first-order valence-corrected chi connectivity index (χ1v) is 13.1. The number of aliphatic hydroxyl groups is 1. The average molecular weight is 544 g/mol. The van der Waals surface area contributed by atoms with Crippen LogP contribution in [0.2, 0.25) is 0 Å². The van der Waals surface area contributed by atoms with Gasteiger partial charge in [0.1, 0.15) is 11.5 Å². The smallest absolute Gasteiger partial charge is 0.330 e. The quantitative estimate of drug-likeness (QED) is 0.329. The number of nitrogens with zero attached hydrogens (tertiary/aromatic N) is 2. The summed E-state index contributed by atoms with van der Waals surface area (Å²) in [5.41, 5.74) is 1.45. The van der Waals surface area contributed by atoms with E-state index in [1.807, 2.05) is 66.7 Å². The topological polar surface area (TPSA) is 106 Å². The van der Waals surface area contributed by atoms with Gasteiger partial charge in [-0.2, -0.15) is 0 Å². The highest BCUT2D eigenvalue weighted by atomic mass is 16.5. The number of aromatic amines is 1. The Morgan fingerprint density at radius 2 is 1.43 bits per heavy atom. The number of H-pyrrole nitrogens is 1. The number of aryl methyl sites for hydroxylation is 1. The molecule has 4 aromatic rings. The highest BCUT2D eigenvalue weighted by Gasteiger charge is 2.46. The van der Waals surface area contributed by atoms with Crippen molar-refractivity contribution in [1.82, 2.24) is 14.5 Å². The lowest BCUT2D eigenvalue weighted by atomic mass is 9.75. The molecule has 1 fully saturated rings.